The van der Waals surface area contributed by atoms with E-state index in [0.29, 0.717) is 13.0 Å². The van der Waals surface area contributed by atoms with Gasteiger partial charge in [-0.05, 0) is 37.5 Å². The number of aliphatic hydroxyl groups excluding tert-OH is 1. The van der Waals surface area contributed by atoms with Gasteiger partial charge in [0.05, 0.1) is 25.2 Å². The van der Waals surface area contributed by atoms with Crippen molar-refractivity contribution in [1.29, 1.82) is 0 Å². The van der Waals surface area contributed by atoms with Gasteiger partial charge in [-0.15, -0.1) is 0 Å². The summed E-state index contributed by atoms with van der Waals surface area (Å²) in [5, 5.41) is 12.4. The molecule has 20 heavy (non-hydrogen) atoms. The molecule has 0 aliphatic heterocycles. The summed E-state index contributed by atoms with van der Waals surface area (Å²) in [6.45, 7) is 2.39. The summed E-state index contributed by atoms with van der Waals surface area (Å²) in [6, 6.07) is 7.77. The number of benzene rings is 1. The fraction of sp³-hybridized carbons (Fsp3) is 0.562. The number of hydrogen-bond acceptors (Lipinski definition) is 3. The lowest BCUT2D eigenvalue weighted by Crippen LogP contribution is -2.49. The van der Waals surface area contributed by atoms with Crippen LogP contribution in [-0.4, -0.2) is 29.8 Å². The van der Waals surface area contributed by atoms with Gasteiger partial charge in [0.2, 0.25) is 5.91 Å². The third-order valence-electron chi connectivity index (χ3n) is 3.86. The first-order valence-electron chi connectivity index (χ1n) is 7.25. The molecule has 4 nitrogen and oxygen atoms in total. The van der Waals surface area contributed by atoms with Crippen molar-refractivity contribution in [3.05, 3.63) is 29.8 Å². The Morgan fingerprint density at radius 1 is 1.40 bits per heavy atom. The third kappa shape index (κ3) is 3.97. The molecular formula is C16H23NO3. The summed E-state index contributed by atoms with van der Waals surface area (Å²) in [5.74, 6) is 0.740. The predicted octanol–water partition coefficient (Wildman–Crippen LogP) is 2.19. The quantitative estimate of drug-likeness (QED) is 0.838. The van der Waals surface area contributed by atoms with Crippen molar-refractivity contribution in [1.82, 2.24) is 5.32 Å². The van der Waals surface area contributed by atoms with E-state index >= 15 is 0 Å². The monoisotopic (exact) mass is 277 g/mol. The fourth-order valence-electron chi connectivity index (χ4n) is 2.70. The summed E-state index contributed by atoms with van der Waals surface area (Å²) >= 11 is 0. The largest absolute Gasteiger partial charge is 0.493 e. The summed E-state index contributed by atoms with van der Waals surface area (Å²) in [4.78, 5) is 11.9. The van der Waals surface area contributed by atoms with Crippen LogP contribution in [0.3, 0.4) is 0 Å². The van der Waals surface area contributed by atoms with Gasteiger partial charge in [0.15, 0.2) is 0 Å². The lowest BCUT2D eigenvalue weighted by Gasteiger charge is -2.27. The Balaban J connectivity index is 1.75. The molecule has 2 rings (SSSR count). The third-order valence-corrected chi connectivity index (χ3v) is 3.86. The number of carbonyl (C=O) groups excluding carboxylic acids is 1. The molecule has 0 bridgehead atoms. The highest BCUT2D eigenvalue weighted by molar-refractivity contribution is 5.77. The maximum atomic E-state index is 11.9. The van der Waals surface area contributed by atoms with Crippen molar-refractivity contribution in [2.75, 3.05) is 13.2 Å². The zero-order valence-electron chi connectivity index (χ0n) is 12.0. The van der Waals surface area contributed by atoms with Gasteiger partial charge >= 0.3 is 0 Å². The van der Waals surface area contributed by atoms with Crippen molar-refractivity contribution in [3.63, 3.8) is 0 Å². The molecule has 1 aliphatic rings. The Morgan fingerprint density at radius 2 is 2.15 bits per heavy atom. The predicted molar refractivity (Wildman–Crippen MR) is 77.7 cm³/mol. The van der Waals surface area contributed by atoms with Crippen LogP contribution in [0.2, 0.25) is 0 Å². The van der Waals surface area contributed by atoms with Crippen molar-refractivity contribution in [3.8, 4) is 5.75 Å². The number of hydrogen-bond donors (Lipinski definition) is 2. The van der Waals surface area contributed by atoms with Gasteiger partial charge in [-0.2, -0.15) is 0 Å². The van der Waals surface area contributed by atoms with Crippen LogP contribution in [0.1, 0.15) is 37.7 Å². The van der Waals surface area contributed by atoms with Gasteiger partial charge in [0, 0.05) is 0 Å². The lowest BCUT2D eigenvalue weighted by atomic mass is 9.99. The standard InChI is InChI=1S/C16H23NO3/c1-13-5-4-6-14(11-13)20-10-7-15(19)17-16(12-18)8-2-3-9-16/h4-6,11,18H,2-3,7-10,12H2,1H3,(H,17,19). The van der Waals surface area contributed by atoms with E-state index in [9.17, 15) is 9.90 Å². The van der Waals surface area contributed by atoms with Crippen LogP contribution < -0.4 is 10.1 Å². The molecule has 1 aliphatic carbocycles. The molecule has 0 spiro atoms. The molecule has 2 N–H and O–H groups in total. The number of aryl methyl sites for hydroxylation is 1. The van der Waals surface area contributed by atoms with Crippen LogP contribution in [0.15, 0.2) is 24.3 Å². The topological polar surface area (TPSA) is 58.6 Å². The highest BCUT2D eigenvalue weighted by Crippen LogP contribution is 2.29. The lowest BCUT2D eigenvalue weighted by molar-refractivity contribution is -0.124. The highest BCUT2D eigenvalue weighted by atomic mass is 16.5. The zero-order valence-corrected chi connectivity index (χ0v) is 12.0. The average molecular weight is 277 g/mol. The second kappa shape index (κ2) is 6.75. The molecule has 1 fully saturated rings. The molecule has 1 saturated carbocycles. The fourth-order valence-corrected chi connectivity index (χ4v) is 2.70. The van der Waals surface area contributed by atoms with Crippen LogP contribution in [0.25, 0.3) is 0 Å². The number of rotatable bonds is 6. The van der Waals surface area contributed by atoms with Crippen LogP contribution in [0.5, 0.6) is 5.75 Å². The van der Waals surface area contributed by atoms with Gasteiger partial charge < -0.3 is 15.2 Å². The van der Waals surface area contributed by atoms with E-state index in [2.05, 4.69) is 5.32 Å². The van der Waals surface area contributed by atoms with E-state index in [0.717, 1.165) is 37.0 Å². The molecule has 1 aromatic rings. The molecule has 0 aromatic heterocycles. The first-order valence-corrected chi connectivity index (χ1v) is 7.25. The van der Waals surface area contributed by atoms with Gasteiger partial charge in [-0.25, -0.2) is 0 Å². The number of ether oxygens (including phenoxy) is 1. The Kier molecular flexibility index (Phi) is 5.01. The van der Waals surface area contributed by atoms with Crippen molar-refractivity contribution in [2.24, 2.45) is 0 Å². The van der Waals surface area contributed by atoms with E-state index in [1.807, 2.05) is 31.2 Å². The van der Waals surface area contributed by atoms with Gasteiger partial charge in [-0.1, -0.05) is 25.0 Å². The Hall–Kier alpha value is -1.55. The smallest absolute Gasteiger partial charge is 0.223 e. The Bertz CT molecular complexity index is 453. The number of carbonyl (C=O) groups is 1. The highest BCUT2D eigenvalue weighted by Gasteiger charge is 2.34. The van der Waals surface area contributed by atoms with Crippen molar-refractivity contribution < 1.29 is 14.6 Å². The van der Waals surface area contributed by atoms with Crippen LogP contribution in [0.4, 0.5) is 0 Å². The molecule has 1 amide bonds. The van der Waals surface area contributed by atoms with Gasteiger partial charge in [-0.3, -0.25) is 4.79 Å². The summed E-state index contributed by atoms with van der Waals surface area (Å²) in [7, 11) is 0. The number of aliphatic hydroxyl groups is 1. The molecule has 0 saturated heterocycles. The molecule has 0 radical (unpaired) electrons. The minimum atomic E-state index is -0.388. The van der Waals surface area contributed by atoms with E-state index in [-0.39, 0.29) is 18.1 Å². The first-order chi connectivity index (χ1) is 9.63. The molecule has 110 valence electrons. The molecule has 0 atom stereocenters. The second-order valence-electron chi connectivity index (χ2n) is 5.61. The van der Waals surface area contributed by atoms with E-state index in [4.69, 9.17) is 4.74 Å². The van der Waals surface area contributed by atoms with Crippen molar-refractivity contribution in [2.45, 2.75) is 44.6 Å². The Morgan fingerprint density at radius 3 is 2.80 bits per heavy atom. The second-order valence-corrected chi connectivity index (χ2v) is 5.61. The van der Waals surface area contributed by atoms with Crippen LogP contribution in [-0.2, 0) is 4.79 Å². The number of nitrogens with one attached hydrogen (secondary N) is 1. The van der Waals surface area contributed by atoms with Gasteiger partial charge in [0.1, 0.15) is 5.75 Å². The van der Waals surface area contributed by atoms with Crippen LogP contribution >= 0.6 is 0 Å². The molecule has 1 aromatic carbocycles. The normalized spacial score (nSPS) is 16.9. The van der Waals surface area contributed by atoms with Crippen molar-refractivity contribution >= 4 is 5.91 Å². The maximum Gasteiger partial charge on any atom is 0.223 e. The maximum absolute atomic E-state index is 11.9. The van der Waals surface area contributed by atoms with E-state index in [1.54, 1.807) is 0 Å². The Labute approximate surface area is 120 Å². The molecule has 4 heteroatoms. The summed E-state index contributed by atoms with van der Waals surface area (Å²) in [5.41, 5.74) is 0.748. The van der Waals surface area contributed by atoms with E-state index < -0.39 is 0 Å². The minimum absolute atomic E-state index is 0.0253. The molecule has 0 unspecified atom stereocenters. The molecule has 0 heterocycles. The zero-order chi connectivity index (χ0) is 14.4. The first kappa shape index (κ1) is 14.9. The average Bonchev–Trinajstić information content (AvgIpc) is 2.88. The minimum Gasteiger partial charge on any atom is -0.493 e. The van der Waals surface area contributed by atoms with Crippen LogP contribution in [0, 0.1) is 6.92 Å². The summed E-state index contributed by atoms with van der Waals surface area (Å²) < 4.78 is 5.57. The van der Waals surface area contributed by atoms with E-state index in [1.165, 1.54) is 0 Å². The summed E-state index contributed by atoms with van der Waals surface area (Å²) in [6.07, 6.45) is 4.19. The molecular weight excluding hydrogens is 254 g/mol. The number of amides is 1. The van der Waals surface area contributed by atoms with Gasteiger partial charge in [0.25, 0.3) is 0 Å². The SMILES string of the molecule is Cc1cccc(OCCC(=O)NC2(CO)CCCC2)c1.